The third-order valence-corrected chi connectivity index (χ3v) is 6.56. The smallest absolute Gasteiger partial charge is 0.276 e. The molecule has 7 nitrogen and oxygen atoms in total. The van der Waals surface area contributed by atoms with Crippen molar-refractivity contribution >= 4 is 39.1 Å². The zero-order valence-corrected chi connectivity index (χ0v) is 20.8. The average Bonchev–Trinajstić information content (AvgIpc) is 3.34. The van der Waals surface area contributed by atoms with Gasteiger partial charge in [0.2, 0.25) is 0 Å². The molecule has 0 unspecified atom stereocenters. The largest absolute Gasteiger partial charge is 0.471 e. The van der Waals surface area contributed by atoms with Gasteiger partial charge in [-0.25, -0.2) is 4.68 Å². The second-order valence-electron chi connectivity index (χ2n) is 7.72. The zero-order valence-electron chi connectivity index (χ0n) is 18.5. The molecule has 4 rings (SSSR count). The van der Waals surface area contributed by atoms with Crippen LogP contribution in [-0.4, -0.2) is 25.5 Å². The van der Waals surface area contributed by atoms with Gasteiger partial charge in [0.15, 0.2) is 12.4 Å². The van der Waals surface area contributed by atoms with Gasteiger partial charge in [0, 0.05) is 16.9 Å². The lowest BCUT2D eigenvalue weighted by molar-refractivity contribution is 0.102. The molecule has 1 amide bonds. The van der Waals surface area contributed by atoms with Gasteiger partial charge in [0.25, 0.3) is 5.91 Å². The number of carbonyl (C=O) groups is 1. The maximum Gasteiger partial charge on any atom is 0.276 e. The fourth-order valence-corrected chi connectivity index (χ4v) is 3.92. The van der Waals surface area contributed by atoms with Crippen molar-refractivity contribution in [2.24, 2.45) is 0 Å². The van der Waals surface area contributed by atoms with Gasteiger partial charge < -0.3 is 10.1 Å². The van der Waals surface area contributed by atoms with Crippen molar-refractivity contribution in [2.45, 2.75) is 34.0 Å². The maximum absolute atomic E-state index is 12.7. The number of anilines is 1. The number of halogens is 2. The van der Waals surface area contributed by atoms with E-state index in [0.717, 1.165) is 27.0 Å². The van der Waals surface area contributed by atoms with Crippen LogP contribution in [0.5, 0.6) is 5.75 Å². The molecule has 0 aliphatic rings. The van der Waals surface area contributed by atoms with E-state index >= 15 is 0 Å². The topological polar surface area (TPSA) is 74.0 Å². The first kappa shape index (κ1) is 23.1. The molecule has 0 spiro atoms. The van der Waals surface area contributed by atoms with Crippen LogP contribution in [-0.2, 0) is 13.3 Å². The molecule has 0 bridgehead atoms. The molecule has 0 aliphatic heterocycles. The molecular formula is C24H23BrClN5O2. The van der Waals surface area contributed by atoms with E-state index in [1.54, 1.807) is 23.0 Å². The summed E-state index contributed by atoms with van der Waals surface area (Å²) in [6.07, 6.45) is 1.71. The van der Waals surface area contributed by atoms with Crippen LogP contribution in [0.25, 0.3) is 0 Å². The number of benzene rings is 2. The van der Waals surface area contributed by atoms with Crippen LogP contribution >= 0.6 is 27.5 Å². The SMILES string of the molecule is Cc1cc(Cl)ccc1OCn1ccc(C(=O)Nc2cccc(Cn3nc(C)c(Br)c3C)c2)n1. The Labute approximate surface area is 205 Å². The van der Waals surface area contributed by atoms with Gasteiger partial charge >= 0.3 is 0 Å². The normalized spacial score (nSPS) is 10.9. The van der Waals surface area contributed by atoms with E-state index in [1.165, 1.54) is 0 Å². The van der Waals surface area contributed by atoms with Gasteiger partial charge in [-0.05, 0) is 84.2 Å². The van der Waals surface area contributed by atoms with Gasteiger partial charge in [-0.1, -0.05) is 23.7 Å². The molecule has 4 aromatic rings. The number of carbonyl (C=O) groups excluding carboxylic acids is 1. The van der Waals surface area contributed by atoms with E-state index in [0.29, 0.717) is 28.7 Å². The van der Waals surface area contributed by atoms with Gasteiger partial charge in [-0.2, -0.15) is 10.2 Å². The van der Waals surface area contributed by atoms with Crippen LogP contribution in [0.15, 0.2) is 59.2 Å². The first-order valence-electron chi connectivity index (χ1n) is 10.3. The highest BCUT2D eigenvalue weighted by Gasteiger charge is 2.12. The molecule has 2 heterocycles. The quantitative estimate of drug-likeness (QED) is 0.331. The number of aryl methyl sites for hydroxylation is 2. The second-order valence-corrected chi connectivity index (χ2v) is 8.95. The molecule has 0 saturated carbocycles. The summed E-state index contributed by atoms with van der Waals surface area (Å²) in [6, 6.07) is 14.8. The highest BCUT2D eigenvalue weighted by molar-refractivity contribution is 9.10. The first-order valence-corrected chi connectivity index (χ1v) is 11.5. The van der Waals surface area contributed by atoms with Crippen LogP contribution in [0.1, 0.15) is 33.0 Å². The van der Waals surface area contributed by atoms with Crippen LogP contribution < -0.4 is 10.1 Å². The lowest BCUT2D eigenvalue weighted by Crippen LogP contribution is -2.14. The Hall–Kier alpha value is -3.10. The van der Waals surface area contributed by atoms with Crippen molar-refractivity contribution < 1.29 is 9.53 Å². The molecule has 0 radical (unpaired) electrons. The summed E-state index contributed by atoms with van der Waals surface area (Å²) in [5.74, 6) is 0.426. The van der Waals surface area contributed by atoms with Crippen LogP contribution in [0.3, 0.4) is 0 Å². The molecule has 2 aromatic carbocycles. The van der Waals surface area contributed by atoms with E-state index in [9.17, 15) is 4.79 Å². The minimum Gasteiger partial charge on any atom is -0.471 e. The summed E-state index contributed by atoms with van der Waals surface area (Å²) in [5, 5.41) is 12.4. The lowest BCUT2D eigenvalue weighted by Gasteiger charge is -2.09. The number of hydrogen-bond donors (Lipinski definition) is 1. The number of rotatable bonds is 7. The molecule has 170 valence electrons. The van der Waals surface area contributed by atoms with Gasteiger partial charge in [0.1, 0.15) is 5.75 Å². The highest BCUT2D eigenvalue weighted by atomic mass is 79.9. The van der Waals surface area contributed by atoms with E-state index in [-0.39, 0.29) is 12.6 Å². The fraction of sp³-hybridized carbons (Fsp3) is 0.208. The number of nitrogens with zero attached hydrogens (tertiary/aromatic N) is 4. The van der Waals surface area contributed by atoms with Crippen molar-refractivity contribution in [3.8, 4) is 5.75 Å². The third kappa shape index (κ3) is 5.46. The summed E-state index contributed by atoms with van der Waals surface area (Å²) in [6.45, 7) is 6.70. The van der Waals surface area contributed by atoms with E-state index in [1.807, 2.05) is 61.9 Å². The Kier molecular flexibility index (Phi) is 6.85. The molecular weight excluding hydrogens is 506 g/mol. The number of ether oxygens (including phenoxy) is 1. The molecule has 9 heteroatoms. The second kappa shape index (κ2) is 9.80. The molecule has 0 fully saturated rings. The molecule has 33 heavy (non-hydrogen) atoms. The van der Waals surface area contributed by atoms with Crippen molar-refractivity contribution in [1.82, 2.24) is 19.6 Å². The number of aromatic nitrogens is 4. The van der Waals surface area contributed by atoms with Crippen LogP contribution in [0, 0.1) is 20.8 Å². The molecule has 0 aliphatic carbocycles. The molecule has 0 saturated heterocycles. The van der Waals surface area contributed by atoms with Crippen molar-refractivity contribution in [1.29, 1.82) is 0 Å². The highest BCUT2D eigenvalue weighted by Crippen LogP contribution is 2.23. The summed E-state index contributed by atoms with van der Waals surface area (Å²) < 4.78 is 10.3. The standard InChI is InChI=1S/C24H23BrClN5O2/c1-15-11-19(26)7-8-22(15)33-14-30-10-9-21(29-30)24(32)27-20-6-4-5-18(12-20)13-31-17(3)23(25)16(2)28-31/h4-12H,13-14H2,1-3H3,(H,27,32). The minimum absolute atomic E-state index is 0.184. The minimum atomic E-state index is -0.289. The van der Waals surface area contributed by atoms with Gasteiger partial charge in [-0.3, -0.25) is 9.48 Å². The monoisotopic (exact) mass is 527 g/mol. The Balaban J connectivity index is 1.39. The summed E-state index contributed by atoms with van der Waals surface area (Å²) in [7, 11) is 0. The van der Waals surface area contributed by atoms with Crippen LogP contribution in [0.4, 0.5) is 5.69 Å². The summed E-state index contributed by atoms with van der Waals surface area (Å²) in [5.41, 5.74) is 4.97. The molecule has 0 atom stereocenters. The maximum atomic E-state index is 12.7. The van der Waals surface area contributed by atoms with E-state index in [2.05, 4.69) is 31.4 Å². The van der Waals surface area contributed by atoms with E-state index in [4.69, 9.17) is 16.3 Å². The Morgan fingerprint density at radius 3 is 2.67 bits per heavy atom. The predicted octanol–water partition coefficient (Wildman–Crippen LogP) is 5.76. The van der Waals surface area contributed by atoms with Gasteiger partial charge in [-0.15, -0.1) is 0 Å². The average molecular weight is 529 g/mol. The Morgan fingerprint density at radius 2 is 1.94 bits per heavy atom. The Morgan fingerprint density at radius 1 is 1.12 bits per heavy atom. The van der Waals surface area contributed by atoms with Crippen molar-refractivity contribution in [3.63, 3.8) is 0 Å². The predicted molar refractivity (Wildman–Crippen MR) is 132 cm³/mol. The van der Waals surface area contributed by atoms with Gasteiger partial charge in [0.05, 0.1) is 22.4 Å². The summed E-state index contributed by atoms with van der Waals surface area (Å²) >= 11 is 9.53. The van der Waals surface area contributed by atoms with Crippen molar-refractivity contribution in [3.05, 3.63) is 92.4 Å². The number of nitrogens with one attached hydrogen (secondary N) is 1. The third-order valence-electron chi connectivity index (χ3n) is 5.17. The van der Waals surface area contributed by atoms with E-state index < -0.39 is 0 Å². The molecule has 1 N–H and O–H groups in total. The fourth-order valence-electron chi connectivity index (χ4n) is 3.41. The zero-order chi connectivity index (χ0) is 23.5. The van der Waals surface area contributed by atoms with Crippen molar-refractivity contribution in [2.75, 3.05) is 5.32 Å². The number of amides is 1. The van der Waals surface area contributed by atoms with Crippen LogP contribution in [0.2, 0.25) is 5.02 Å². The summed E-state index contributed by atoms with van der Waals surface area (Å²) in [4.78, 5) is 12.7. The molecule has 2 aromatic heterocycles. The lowest BCUT2D eigenvalue weighted by atomic mass is 10.2. The first-order chi connectivity index (χ1) is 15.8. The number of hydrogen-bond acceptors (Lipinski definition) is 4. The Bertz CT molecular complexity index is 1310.